The Morgan fingerprint density at radius 1 is 1.37 bits per heavy atom. The number of H-pyrrole nitrogens is 1. The Kier molecular flexibility index (Phi) is 8.58. The average molecular weight is 592 g/mol. The molecule has 6 atom stereocenters. The molecule has 0 saturated carbocycles. The zero-order chi connectivity index (χ0) is 30.1. The predicted octanol–water partition coefficient (Wildman–Crippen LogP) is 1.91. The predicted molar refractivity (Wildman–Crippen MR) is 146 cm³/mol. The van der Waals surface area contributed by atoms with Crippen molar-refractivity contribution in [3.05, 3.63) is 52.7 Å². The van der Waals surface area contributed by atoms with Crippen LogP contribution in [0.25, 0.3) is 11.0 Å². The van der Waals surface area contributed by atoms with Crippen molar-refractivity contribution in [3.8, 4) is 18.1 Å². The van der Waals surface area contributed by atoms with E-state index in [1.807, 2.05) is 0 Å². The van der Waals surface area contributed by atoms with Crippen LogP contribution >= 0.6 is 7.60 Å². The van der Waals surface area contributed by atoms with Crippen molar-refractivity contribution in [1.82, 2.24) is 14.5 Å². The maximum absolute atomic E-state index is 14.7. The molecule has 6 N–H and O–H groups in total. The van der Waals surface area contributed by atoms with E-state index in [0.29, 0.717) is 0 Å². The largest absolute Gasteiger partial charge is 0.463 e. The number of benzene rings is 1. The fraction of sp³-hybridized carbons (Fsp3) is 0.423. The number of nitrogens with zero attached hydrogens (tertiary/aromatic N) is 2. The lowest BCUT2D eigenvalue weighted by atomic mass is 9.92. The molecule has 220 valence electrons. The van der Waals surface area contributed by atoms with Crippen LogP contribution in [-0.2, 0) is 23.4 Å². The van der Waals surface area contributed by atoms with Gasteiger partial charge in [-0.15, -0.1) is 6.42 Å². The van der Waals surface area contributed by atoms with Crippen LogP contribution in [0, 0.1) is 24.1 Å². The fourth-order valence-electron chi connectivity index (χ4n) is 4.40. The summed E-state index contributed by atoms with van der Waals surface area (Å²) in [5, 5.41) is 10.7. The van der Waals surface area contributed by atoms with Gasteiger partial charge in [-0.1, -0.05) is 31.0 Å². The number of ether oxygens (including phenoxy) is 2. The highest BCUT2D eigenvalue weighted by Gasteiger charge is 2.55. The molecule has 1 saturated heterocycles. The number of carbonyl (C=O) groups is 1. The van der Waals surface area contributed by atoms with Gasteiger partial charge >= 0.3 is 13.6 Å². The van der Waals surface area contributed by atoms with Crippen LogP contribution in [0.15, 0.2) is 41.3 Å². The van der Waals surface area contributed by atoms with Crippen LogP contribution in [0.3, 0.4) is 0 Å². The smallest absolute Gasteiger partial charge is 0.380 e. The molecule has 0 spiro atoms. The van der Waals surface area contributed by atoms with Crippen LogP contribution in [0.2, 0.25) is 0 Å². The van der Waals surface area contributed by atoms with Gasteiger partial charge in [0.15, 0.2) is 23.2 Å². The van der Waals surface area contributed by atoms with Crippen molar-refractivity contribution in [1.29, 1.82) is 0 Å². The second kappa shape index (κ2) is 11.6. The molecule has 3 aromatic rings. The van der Waals surface area contributed by atoms with Gasteiger partial charge in [0.2, 0.25) is 5.95 Å². The zero-order valence-electron chi connectivity index (χ0n) is 22.5. The lowest BCUT2D eigenvalue weighted by molar-refractivity contribution is -0.151. The highest BCUT2D eigenvalue weighted by atomic mass is 31.2. The summed E-state index contributed by atoms with van der Waals surface area (Å²) in [6.45, 7) is 4.33. The van der Waals surface area contributed by atoms with Gasteiger partial charge in [0, 0.05) is 6.20 Å². The van der Waals surface area contributed by atoms with Crippen LogP contribution in [0.4, 0.5) is 10.3 Å². The molecule has 1 aliphatic heterocycles. The van der Waals surface area contributed by atoms with E-state index in [4.69, 9.17) is 36.4 Å². The number of aliphatic hydroxyl groups is 1. The van der Waals surface area contributed by atoms with Gasteiger partial charge in [0.05, 0.1) is 24.8 Å². The van der Waals surface area contributed by atoms with E-state index < -0.39 is 72.9 Å². The first-order chi connectivity index (χ1) is 19.3. The Morgan fingerprint density at radius 2 is 2.05 bits per heavy atom. The standard InChI is InChI=1S/C26H31FN5O8P/c1-5-26(29)20(33)18(39-24(26)32-11-17(27)19-21(32)30-25(28)31-22(19)34)12-37-41(36,40-16-9-7-6-8-10-16)13-15(4)23(35)38-14(2)3/h1,6-11,14-15,18,20,24,33H,12-13,29H2,2-4H3,(H3,28,30,31,34)/t15-,18-,20+,24-,26?,41+/m1/s1. The molecule has 0 aliphatic carbocycles. The Hall–Kier alpha value is -3.73. The van der Waals surface area contributed by atoms with Crippen LogP contribution in [-0.4, -0.2) is 62.2 Å². The van der Waals surface area contributed by atoms with E-state index in [2.05, 4.69) is 15.9 Å². The topological polar surface area (TPSA) is 194 Å². The van der Waals surface area contributed by atoms with Crippen molar-refractivity contribution in [2.75, 3.05) is 18.5 Å². The monoisotopic (exact) mass is 591 g/mol. The summed E-state index contributed by atoms with van der Waals surface area (Å²) in [4.78, 5) is 30.9. The maximum Gasteiger partial charge on any atom is 0.380 e. The number of esters is 1. The van der Waals surface area contributed by atoms with Gasteiger partial charge in [-0.05, 0) is 26.0 Å². The number of aliphatic hydroxyl groups excluding tert-OH is 1. The second-order valence-electron chi connectivity index (χ2n) is 9.96. The van der Waals surface area contributed by atoms with E-state index in [0.717, 1.165) is 10.8 Å². The Morgan fingerprint density at radius 3 is 2.68 bits per heavy atom. The van der Waals surface area contributed by atoms with E-state index in [1.54, 1.807) is 44.2 Å². The number of rotatable bonds is 10. The number of nitrogens with one attached hydrogen (secondary N) is 1. The van der Waals surface area contributed by atoms with Crippen molar-refractivity contribution in [3.63, 3.8) is 0 Å². The number of anilines is 1. The Bertz CT molecular complexity index is 1570. The lowest BCUT2D eigenvalue weighted by Crippen LogP contribution is -2.53. The highest BCUT2D eigenvalue weighted by Crippen LogP contribution is 2.51. The molecular formula is C26H31FN5O8P. The molecule has 13 nitrogen and oxygen atoms in total. The third-order valence-corrected chi connectivity index (χ3v) is 8.41. The van der Waals surface area contributed by atoms with Crippen LogP contribution in [0.5, 0.6) is 5.75 Å². The molecule has 15 heteroatoms. The normalized spacial score (nSPS) is 24.6. The number of nitrogens with two attached hydrogens (primary N) is 2. The molecule has 1 aliphatic rings. The minimum Gasteiger partial charge on any atom is -0.463 e. The van der Waals surface area contributed by atoms with Gasteiger partial charge in [0.25, 0.3) is 5.56 Å². The third kappa shape index (κ3) is 6.14. The number of fused-ring (bicyclic) bond motifs is 1. The minimum absolute atomic E-state index is 0.214. The van der Waals surface area contributed by atoms with Crippen molar-refractivity contribution in [2.45, 2.75) is 50.8 Å². The number of carbonyl (C=O) groups excluding carboxylic acids is 1. The van der Waals surface area contributed by atoms with E-state index in [9.17, 15) is 23.7 Å². The quantitative estimate of drug-likeness (QED) is 0.153. The summed E-state index contributed by atoms with van der Waals surface area (Å²) in [5.41, 5.74) is 8.97. The molecule has 3 heterocycles. The number of hydrogen-bond acceptors (Lipinski definition) is 11. The Balaban J connectivity index is 1.62. The molecule has 0 radical (unpaired) electrons. The first kappa shape index (κ1) is 30.2. The summed E-state index contributed by atoms with van der Waals surface area (Å²) in [6.07, 6.45) is 1.47. The molecule has 0 bridgehead atoms. The summed E-state index contributed by atoms with van der Waals surface area (Å²) in [5.74, 6) is -0.243. The number of nitrogen functional groups attached to an aromatic ring is 1. The summed E-state index contributed by atoms with van der Waals surface area (Å²) in [6, 6.07) is 8.16. The molecule has 4 rings (SSSR count). The van der Waals surface area contributed by atoms with Crippen molar-refractivity contribution < 1.29 is 37.4 Å². The maximum atomic E-state index is 14.7. The number of aromatic amines is 1. The summed E-state index contributed by atoms with van der Waals surface area (Å²) >= 11 is 0. The van der Waals surface area contributed by atoms with Gasteiger partial charge in [-0.3, -0.25) is 23.7 Å². The van der Waals surface area contributed by atoms with E-state index in [-0.39, 0.29) is 23.5 Å². The molecule has 41 heavy (non-hydrogen) atoms. The van der Waals surface area contributed by atoms with Gasteiger partial charge in [-0.2, -0.15) is 4.98 Å². The van der Waals surface area contributed by atoms with Crippen LogP contribution < -0.4 is 21.6 Å². The second-order valence-corrected chi connectivity index (χ2v) is 12.0. The molecule has 1 unspecified atom stereocenters. The Labute approximate surface area is 234 Å². The molecule has 1 aromatic carbocycles. The van der Waals surface area contributed by atoms with Crippen molar-refractivity contribution in [2.24, 2.45) is 11.7 Å². The molecular weight excluding hydrogens is 560 g/mol. The number of aromatic nitrogens is 3. The van der Waals surface area contributed by atoms with Crippen LogP contribution in [0.1, 0.15) is 27.0 Å². The lowest BCUT2D eigenvalue weighted by Gasteiger charge is -2.28. The summed E-state index contributed by atoms with van der Waals surface area (Å²) in [7, 11) is -4.09. The number of halogens is 1. The van der Waals surface area contributed by atoms with Gasteiger partial charge < -0.3 is 30.6 Å². The zero-order valence-corrected chi connectivity index (χ0v) is 23.4. The van der Waals surface area contributed by atoms with E-state index in [1.165, 1.54) is 6.92 Å². The first-order valence-electron chi connectivity index (χ1n) is 12.6. The minimum atomic E-state index is -4.09. The SMILES string of the molecule is C#CC1(N)[C@@H](O)[C@@H](CO[P@@](=O)(C[C@@H](C)C(=O)OC(C)C)Oc2ccccc2)O[C@H]1n1cc(F)c2c(=O)[nH]c(N)nc21. The van der Waals surface area contributed by atoms with Gasteiger partial charge in [0.1, 0.15) is 23.3 Å². The summed E-state index contributed by atoms with van der Waals surface area (Å²) < 4.78 is 52.2. The third-order valence-electron chi connectivity index (χ3n) is 6.39. The van der Waals surface area contributed by atoms with Crippen molar-refractivity contribution >= 4 is 30.5 Å². The average Bonchev–Trinajstić information content (AvgIpc) is 3.36. The number of terminal acetylenes is 1. The molecule has 1 fully saturated rings. The number of hydrogen-bond donors (Lipinski definition) is 4. The first-order valence-corrected chi connectivity index (χ1v) is 14.4. The molecule has 0 amide bonds. The highest BCUT2D eigenvalue weighted by molar-refractivity contribution is 7.54. The fourth-order valence-corrected chi connectivity index (χ4v) is 6.27. The van der Waals surface area contributed by atoms with E-state index >= 15 is 0 Å². The molecule has 2 aromatic heterocycles. The van der Waals surface area contributed by atoms with Gasteiger partial charge in [-0.25, -0.2) is 8.96 Å². The number of para-hydroxylation sites is 1.